The molecule has 0 aliphatic heterocycles. The monoisotopic (exact) mass is 196 g/mol. The van der Waals surface area contributed by atoms with E-state index in [1.54, 1.807) is 6.08 Å². The first-order valence-electron chi connectivity index (χ1n) is 5.68. The van der Waals surface area contributed by atoms with Gasteiger partial charge in [0.05, 0.1) is 6.61 Å². The van der Waals surface area contributed by atoms with Gasteiger partial charge in [-0.05, 0) is 25.7 Å². The summed E-state index contributed by atoms with van der Waals surface area (Å²) in [7, 11) is 0. The molecule has 0 heterocycles. The predicted molar refractivity (Wildman–Crippen MR) is 57.0 cm³/mol. The summed E-state index contributed by atoms with van der Waals surface area (Å²) in [5.74, 6) is 0.402. The molecule has 1 fully saturated rings. The molecule has 0 bridgehead atoms. The zero-order chi connectivity index (χ0) is 10.2. The minimum absolute atomic E-state index is 0.197. The number of hydrogen-bond donors (Lipinski definition) is 0. The Morgan fingerprint density at radius 1 is 1.29 bits per heavy atom. The van der Waals surface area contributed by atoms with Crippen molar-refractivity contribution in [1.82, 2.24) is 0 Å². The zero-order valence-corrected chi connectivity index (χ0v) is 9.00. The highest BCUT2D eigenvalue weighted by Crippen LogP contribution is 2.23. The molecule has 0 unspecified atom stereocenters. The van der Waals surface area contributed by atoms with Crippen LogP contribution in [0, 0.1) is 5.92 Å². The molecule has 0 atom stereocenters. The summed E-state index contributed by atoms with van der Waals surface area (Å²) in [4.78, 5) is 11.1. The Balaban J connectivity index is 2.29. The lowest BCUT2D eigenvalue weighted by atomic mass is 10.00. The van der Waals surface area contributed by atoms with Gasteiger partial charge in [-0.1, -0.05) is 31.8 Å². The van der Waals surface area contributed by atoms with E-state index in [0.29, 0.717) is 12.5 Å². The maximum absolute atomic E-state index is 11.1. The van der Waals surface area contributed by atoms with Crippen LogP contribution in [0.25, 0.3) is 0 Å². The molecule has 14 heavy (non-hydrogen) atoms. The van der Waals surface area contributed by atoms with Gasteiger partial charge in [-0.2, -0.15) is 0 Å². The van der Waals surface area contributed by atoms with Gasteiger partial charge in [0.2, 0.25) is 0 Å². The average molecular weight is 196 g/mol. The third-order valence-corrected chi connectivity index (χ3v) is 2.69. The second kappa shape index (κ2) is 6.63. The topological polar surface area (TPSA) is 26.3 Å². The molecule has 0 saturated heterocycles. The number of esters is 1. The first-order chi connectivity index (χ1) is 6.83. The number of carbonyl (C=O) groups is 1. The van der Waals surface area contributed by atoms with Gasteiger partial charge >= 0.3 is 5.97 Å². The van der Waals surface area contributed by atoms with Crippen LogP contribution in [0.1, 0.15) is 45.4 Å². The van der Waals surface area contributed by atoms with Crippen LogP contribution >= 0.6 is 0 Å². The maximum Gasteiger partial charge on any atom is 0.330 e. The van der Waals surface area contributed by atoms with Crippen molar-refractivity contribution in [3.05, 3.63) is 12.2 Å². The van der Waals surface area contributed by atoms with Crippen LogP contribution < -0.4 is 0 Å². The molecule has 1 aliphatic rings. The van der Waals surface area contributed by atoms with Crippen LogP contribution in [-0.2, 0) is 9.53 Å². The quantitative estimate of drug-likeness (QED) is 0.394. The fraction of sp³-hybridized carbons (Fsp3) is 0.750. The smallest absolute Gasteiger partial charge is 0.330 e. The molecular formula is C12H20O2. The SMILES string of the molecule is CCOC(=O)/C=C\C1CCCCCC1. The number of ether oxygens (including phenoxy) is 1. The summed E-state index contributed by atoms with van der Waals surface area (Å²) < 4.78 is 4.84. The van der Waals surface area contributed by atoms with Crippen LogP contribution in [-0.4, -0.2) is 12.6 Å². The summed E-state index contributed by atoms with van der Waals surface area (Å²) in [5, 5.41) is 0. The van der Waals surface area contributed by atoms with Crippen molar-refractivity contribution in [3.8, 4) is 0 Å². The highest BCUT2D eigenvalue weighted by atomic mass is 16.5. The van der Waals surface area contributed by atoms with E-state index in [-0.39, 0.29) is 5.97 Å². The second-order valence-electron chi connectivity index (χ2n) is 3.86. The van der Waals surface area contributed by atoms with Gasteiger partial charge in [0.15, 0.2) is 0 Å². The third kappa shape index (κ3) is 4.45. The Morgan fingerprint density at radius 3 is 2.50 bits per heavy atom. The first-order valence-corrected chi connectivity index (χ1v) is 5.68. The molecule has 0 aromatic rings. The molecule has 0 spiro atoms. The van der Waals surface area contributed by atoms with E-state index in [9.17, 15) is 4.79 Å². The second-order valence-corrected chi connectivity index (χ2v) is 3.86. The number of allylic oxidation sites excluding steroid dienone is 1. The largest absolute Gasteiger partial charge is 0.463 e. The Labute approximate surface area is 86.3 Å². The van der Waals surface area contributed by atoms with Gasteiger partial charge < -0.3 is 4.74 Å². The fourth-order valence-corrected chi connectivity index (χ4v) is 1.91. The lowest BCUT2D eigenvalue weighted by Gasteiger charge is -2.06. The van der Waals surface area contributed by atoms with E-state index >= 15 is 0 Å². The molecular weight excluding hydrogens is 176 g/mol. The third-order valence-electron chi connectivity index (χ3n) is 2.69. The van der Waals surface area contributed by atoms with Gasteiger partial charge in [0.25, 0.3) is 0 Å². The minimum atomic E-state index is -0.197. The van der Waals surface area contributed by atoms with Crippen molar-refractivity contribution in [3.63, 3.8) is 0 Å². The Hall–Kier alpha value is -0.790. The number of hydrogen-bond acceptors (Lipinski definition) is 2. The zero-order valence-electron chi connectivity index (χ0n) is 9.00. The molecule has 0 aromatic heterocycles. The number of carbonyl (C=O) groups excluding carboxylic acids is 1. The van der Waals surface area contributed by atoms with Crippen molar-refractivity contribution in [1.29, 1.82) is 0 Å². The van der Waals surface area contributed by atoms with E-state index in [1.807, 2.05) is 13.0 Å². The van der Waals surface area contributed by atoms with Crippen molar-refractivity contribution < 1.29 is 9.53 Å². The van der Waals surface area contributed by atoms with Gasteiger partial charge in [0.1, 0.15) is 0 Å². The lowest BCUT2D eigenvalue weighted by Crippen LogP contribution is -2.01. The summed E-state index contributed by atoms with van der Waals surface area (Å²) in [6.07, 6.45) is 11.4. The van der Waals surface area contributed by atoms with Crippen molar-refractivity contribution in [2.24, 2.45) is 5.92 Å². The van der Waals surface area contributed by atoms with Crippen molar-refractivity contribution in [2.45, 2.75) is 45.4 Å². The first kappa shape index (κ1) is 11.3. The molecule has 1 rings (SSSR count). The van der Waals surface area contributed by atoms with E-state index in [2.05, 4.69) is 0 Å². The molecule has 2 heteroatoms. The minimum Gasteiger partial charge on any atom is -0.463 e. The van der Waals surface area contributed by atoms with Crippen molar-refractivity contribution in [2.75, 3.05) is 6.61 Å². The summed E-state index contributed by atoms with van der Waals surface area (Å²) in [5.41, 5.74) is 0. The standard InChI is InChI=1S/C12H20O2/c1-2-14-12(13)10-9-11-7-5-3-4-6-8-11/h9-11H,2-8H2,1H3/b10-9-. The van der Waals surface area contributed by atoms with E-state index in [4.69, 9.17) is 4.74 Å². The van der Waals surface area contributed by atoms with Crippen LogP contribution in [0.15, 0.2) is 12.2 Å². The molecule has 80 valence electrons. The summed E-state index contributed by atoms with van der Waals surface area (Å²) >= 11 is 0. The Bertz CT molecular complexity index is 188. The predicted octanol–water partition coefficient (Wildman–Crippen LogP) is 3.08. The lowest BCUT2D eigenvalue weighted by molar-refractivity contribution is -0.137. The van der Waals surface area contributed by atoms with E-state index in [1.165, 1.54) is 38.5 Å². The van der Waals surface area contributed by atoms with Gasteiger partial charge in [0, 0.05) is 6.08 Å². The normalized spacial score (nSPS) is 19.5. The van der Waals surface area contributed by atoms with Crippen LogP contribution in [0.2, 0.25) is 0 Å². The summed E-state index contributed by atoms with van der Waals surface area (Å²) in [6, 6.07) is 0. The highest BCUT2D eigenvalue weighted by molar-refractivity contribution is 5.81. The highest BCUT2D eigenvalue weighted by Gasteiger charge is 2.09. The molecule has 0 N–H and O–H groups in total. The average Bonchev–Trinajstić information content (AvgIpc) is 2.43. The van der Waals surface area contributed by atoms with E-state index < -0.39 is 0 Å². The van der Waals surface area contributed by atoms with E-state index in [0.717, 1.165) is 0 Å². The molecule has 1 saturated carbocycles. The molecule has 2 nitrogen and oxygen atoms in total. The fourth-order valence-electron chi connectivity index (χ4n) is 1.91. The molecule has 0 aromatic carbocycles. The van der Waals surface area contributed by atoms with Gasteiger partial charge in [-0.3, -0.25) is 0 Å². The molecule has 0 amide bonds. The number of rotatable bonds is 3. The molecule has 1 aliphatic carbocycles. The Kier molecular flexibility index (Phi) is 5.35. The Morgan fingerprint density at radius 2 is 1.93 bits per heavy atom. The van der Waals surface area contributed by atoms with Crippen LogP contribution in [0.3, 0.4) is 0 Å². The van der Waals surface area contributed by atoms with Gasteiger partial charge in [-0.25, -0.2) is 4.79 Å². The molecule has 0 radical (unpaired) electrons. The van der Waals surface area contributed by atoms with Gasteiger partial charge in [-0.15, -0.1) is 0 Å². The summed E-state index contributed by atoms with van der Waals surface area (Å²) in [6.45, 7) is 2.30. The van der Waals surface area contributed by atoms with Crippen LogP contribution in [0.4, 0.5) is 0 Å². The van der Waals surface area contributed by atoms with Crippen LogP contribution in [0.5, 0.6) is 0 Å². The van der Waals surface area contributed by atoms with Crippen molar-refractivity contribution >= 4 is 5.97 Å². The maximum atomic E-state index is 11.1.